The molecule has 0 spiro atoms. The number of carbonyl (C=O) groups is 1. The lowest BCUT2D eigenvalue weighted by Crippen LogP contribution is -2.29. The summed E-state index contributed by atoms with van der Waals surface area (Å²) in [5.74, 6) is -0.144. The lowest BCUT2D eigenvalue weighted by molar-refractivity contribution is -0.126. The van der Waals surface area contributed by atoms with Crippen LogP contribution in [0.25, 0.3) is 10.6 Å². The van der Waals surface area contributed by atoms with Crippen LogP contribution in [0.2, 0.25) is 0 Å². The molecule has 0 unspecified atom stereocenters. The number of thiazole rings is 2. The Bertz CT molecular complexity index is 682. The van der Waals surface area contributed by atoms with Crippen LogP contribution in [0, 0.1) is 13.8 Å². The third kappa shape index (κ3) is 3.19. The maximum absolute atomic E-state index is 12.2. The van der Waals surface area contributed by atoms with E-state index >= 15 is 0 Å². The summed E-state index contributed by atoms with van der Waals surface area (Å²) in [7, 11) is 0. The molecule has 0 saturated carbocycles. The Kier molecular flexibility index (Phi) is 4.53. The molecule has 0 aromatic carbocycles. The van der Waals surface area contributed by atoms with Gasteiger partial charge in [-0.1, -0.05) is 0 Å². The van der Waals surface area contributed by atoms with Crippen molar-refractivity contribution in [2.45, 2.75) is 38.9 Å². The van der Waals surface area contributed by atoms with E-state index in [1.54, 1.807) is 11.3 Å². The van der Waals surface area contributed by atoms with Gasteiger partial charge in [0.15, 0.2) is 5.13 Å². The fraction of sp³-hybridized carbons (Fsp3) is 0.500. The number of ether oxygens (including phenoxy) is 1. The fourth-order valence-corrected chi connectivity index (χ4v) is 4.12. The highest BCUT2D eigenvalue weighted by molar-refractivity contribution is 7.16. The van der Waals surface area contributed by atoms with Gasteiger partial charge in [-0.15, -0.1) is 22.7 Å². The fourth-order valence-electron chi connectivity index (χ4n) is 2.46. The quantitative estimate of drug-likeness (QED) is 0.893. The summed E-state index contributed by atoms with van der Waals surface area (Å²) >= 11 is 3.02. The average Bonchev–Trinajstić information content (AvgIpc) is 3.18. The topological polar surface area (TPSA) is 90.1 Å². The summed E-state index contributed by atoms with van der Waals surface area (Å²) < 4.78 is 5.59. The molecule has 22 heavy (non-hydrogen) atoms. The molecule has 2 aromatic heterocycles. The number of aromatic nitrogens is 2. The van der Waals surface area contributed by atoms with Crippen molar-refractivity contribution in [3.05, 3.63) is 16.1 Å². The van der Waals surface area contributed by atoms with Crippen molar-refractivity contribution < 1.29 is 9.53 Å². The number of hydrogen-bond acceptors (Lipinski definition) is 7. The molecule has 3 N–H and O–H groups in total. The van der Waals surface area contributed by atoms with Gasteiger partial charge in [0, 0.05) is 11.9 Å². The molecule has 1 fully saturated rings. The van der Waals surface area contributed by atoms with Gasteiger partial charge >= 0.3 is 0 Å². The van der Waals surface area contributed by atoms with Gasteiger partial charge in [0.25, 0.3) is 5.91 Å². The number of nitrogens with two attached hydrogens (primary N) is 1. The highest BCUT2D eigenvalue weighted by atomic mass is 32.1. The van der Waals surface area contributed by atoms with E-state index in [1.165, 1.54) is 11.3 Å². The van der Waals surface area contributed by atoms with Crippen molar-refractivity contribution in [3.8, 4) is 10.6 Å². The smallest absolute Gasteiger partial charge is 0.255 e. The van der Waals surface area contributed by atoms with Gasteiger partial charge < -0.3 is 10.5 Å². The number of hydrogen-bond donors (Lipinski definition) is 2. The minimum absolute atomic E-state index is 0.00887. The second kappa shape index (κ2) is 6.41. The average molecular weight is 338 g/mol. The zero-order chi connectivity index (χ0) is 15.7. The Morgan fingerprint density at radius 2 is 2.27 bits per heavy atom. The number of nitrogens with zero attached hydrogens (tertiary/aromatic N) is 2. The number of carbonyl (C=O) groups excluding carboxylic acids is 1. The van der Waals surface area contributed by atoms with E-state index in [-0.39, 0.29) is 12.0 Å². The first-order chi connectivity index (χ1) is 10.6. The Morgan fingerprint density at radius 1 is 1.45 bits per heavy atom. The minimum Gasteiger partial charge on any atom is -0.364 e. The molecule has 1 aliphatic heterocycles. The zero-order valence-corrected chi connectivity index (χ0v) is 14.1. The summed E-state index contributed by atoms with van der Waals surface area (Å²) in [5, 5.41) is 6.37. The number of nitrogens with one attached hydrogen (secondary N) is 1. The third-order valence-corrected chi connectivity index (χ3v) is 5.39. The number of aryl methyl sites for hydroxylation is 2. The van der Waals surface area contributed by atoms with Gasteiger partial charge in [0.1, 0.15) is 6.10 Å². The first-order valence-corrected chi connectivity index (χ1v) is 8.82. The summed E-state index contributed by atoms with van der Waals surface area (Å²) in [4.78, 5) is 22.1. The van der Waals surface area contributed by atoms with Crippen LogP contribution in [-0.4, -0.2) is 34.6 Å². The van der Waals surface area contributed by atoms with E-state index in [1.807, 2.05) is 19.2 Å². The molecule has 2 atom stereocenters. The predicted molar refractivity (Wildman–Crippen MR) is 88.3 cm³/mol. The summed E-state index contributed by atoms with van der Waals surface area (Å²) in [6.07, 6.45) is 1.11. The highest BCUT2D eigenvalue weighted by Crippen LogP contribution is 2.32. The molecule has 118 valence electrons. The Hall–Kier alpha value is -1.35. The van der Waals surface area contributed by atoms with E-state index in [0.29, 0.717) is 18.1 Å². The van der Waals surface area contributed by atoms with Crippen LogP contribution in [0.15, 0.2) is 5.38 Å². The van der Waals surface area contributed by atoms with Gasteiger partial charge in [-0.25, -0.2) is 9.97 Å². The molecule has 3 heterocycles. The second-order valence-corrected chi connectivity index (χ2v) is 7.30. The van der Waals surface area contributed by atoms with Crippen LogP contribution >= 0.6 is 22.7 Å². The van der Waals surface area contributed by atoms with Gasteiger partial charge in [-0.05, 0) is 26.7 Å². The molecular formula is C14H18N4O2S2. The van der Waals surface area contributed by atoms with Crippen LogP contribution in [0.1, 0.15) is 23.5 Å². The van der Waals surface area contributed by atoms with Gasteiger partial charge in [-0.2, -0.15) is 0 Å². The van der Waals surface area contributed by atoms with Crippen LogP contribution in [0.4, 0.5) is 5.13 Å². The lowest BCUT2D eigenvalue weighted by Gasteiger charge is -2.11. The molecule has 1 amide bonds. The monoisotopic (exact) mass is 338 g/mol. The van der Waals surface area contributed by atoms with Gasteiger partial charge in [-0.3, -0.25) is 10.1 Å². The molecule has 0 aliphatic carbocycles. The van der Waals surface area contributed by atoms with Crippen molar-refractivity contribution in [2.75, 3.05) is 11.9 Å². The minimum atomic E-state index is -0.423. The molecule has 3 rings (SSSR count). The molecule has 0 bridgehead atoms. The Labute approximate surface area is 136 Å². The summed E-state index contributed by atoms with van der Waals surface area (Å²) in [6.45, 7) is 4.40. The van der Waals surface area contributed by atoms with E-state index in [4.69, 9.17) is 10.5 Å². The Morgan fingerprint density at radius 3 is 2.91 bits per heavy atom. The van der Waals surface area contributed by atoms with Gasteiger partial charge in [0.05, 0.1) is 27.4 Å². The maximum atomic E-state index is 12.2. The van der Waals surface area contributed by atoms with Crippen LogP contribution in [0.3, 0.4) is 0 Å². The Balaban J connectivity index is 1.67. The number of amides is 1. The van der Waals surface area contributed by atoms with Crippen LogP contribution in [-0.2, 0) is 9.53 Å². The third-order valence-electron chi connectivity index (χ3n) is 3.53. The van der Waals surface area contributed by atoms with Crippen LogP contribution in [0.5, 0.6) is 0 Å². The molecule has 8 heteroatoms. The van der Waals surface area contributed by atoms with E-state index in [0.717, 1.165) is 27.7 Å². The first kappa shape index (κ1) is 15.5. The standard InChI is InChI=1S/C14H18N4O2S2/c1-7-12(22-8(2)16-7)10-6-21-14(17-10)18-13(19)11-4-3-9(5-15)20-11/h6,9,11H,3-5,15H2,1-2H3,(H,17,18,19)/t9-,11+/m1/s1. The van der Waals surface area contributed by atoms with Crippen molar-refractivity contribution in [2.24, 2.45) is 5.73 Å². The summed E-state index contributed by atoms with van der Waals surface area (Å²) in [6, 6.07) is 0. The van der Waals surface area contributed by atoms with Gasteiger partial charge in [0.2, 0.25) is 0 Å². The molecule has 2 aromatic rings. The van der Waals surface area contributed by atoms with Crippen molar-refractivity contribution >= 4 is 33.7 Å². The molecule has 0 radical (unpaired) electrons. The normalized spacial score (nSPS) is 21.2. The number of anilines is 1. The van der Waals surface area contributed by atoms with Crippen LogP contribution < -0.4 is 11.1 Å². The zero-order valence-electron chi connectivity index (χ0n) is 12.5. The van der Waals surface area contributed by atoms with E-state index in [9.17, 15) is 4.79 Å². The van der Waals surface area contributed by atoms with Crippen molar-refractivity contribution in [1.29, 1.82) is 0 Å². The van der Waals surface area contributed by atoms with Crippen molar-refractivity contribution in [1.82, 2.24) is 9.97 Å². The predicted octanol–water partition coefficient (Wildman–Crippen LogP) is 2.33. The van der Waals surface area contributed by atoms with Crippen molar-refractivity contribution in [3.63, 3.8) is 0 Å². The largest absolute Gasteiger partial charge is 0.364 e. The lowest BCUT2D eigenvalue weighted by atomic mass is 10.2. The second-order valence-electron chi connectivity index (χ2n) is 5.23. The molecule has 6 nitrogen and oxygen atoms in total. The maximum Gasteiger partial charge on any atom is 0.255 e. The summed E-state index contributed by atoms with van der Waals surface area (Å²) in [5.41, 5.74) is 7.39. The number of rotatable bonds is 4. The molecule has 1 aliphatic rings. The first-order valence-electron chi connectivity index (χ1n) is 7.13. The molecule has 1 saturated heterocycles. The molecular weight excluding hydrogens is 320 g/mol. The van der Waals surface area contributed by atoms with E-state index in [2.05, 4.69) is 15.3 Å². The highest BCUT2D eigenvalue weighted by Gasteiger charge is 2.30. The SMILES string of the molecule is Cc1nc(C)c(-c2csc(NC(=O)[C@@H]3CC[C@H](CN)O3)n2)s1. The van der Waals surface area contributed by atoms with E-state index < -0.39 is 6.10 Å².